The average molecular weight is 637 g/mol. The van der Waals surface area contributed by atoms with Crippen molar-refractivity contribution in [2.45, 2.75) is 22.0 Å². The van der Waals surface area contributed by atoms with Crippen molar-refractivity contribution < 1.29 is 24.7 Å². The fourth-order valence-corrected chi connectivity index (χ4v) is 9.29. The Kier molecular flexibility index (Phi) is 8.29. The van der Waals surface area contributed by atoms with Crippen LogP contribution in [0.1, 0.15) is 11.3 Å². The Hall–Kier alpha value is -3.22. The number of thiophene rings is 1. The number of nitrogen functional groups attached to an aromatic ring is 1. The van der Waals surface area contributed by atoms with Crippen LogP contribution in [0.3, 0.4) is 0 Å². The molecule has 5 heterocycles. The Bertz CT molecular complexity index is 1670. The summed E-state index contributed by atoms with van der Waals surface area (Å²) in [5.41, 5.74) is 11.8. The van der Waals surface area contributed by atoms with Crippen LogP contribution in [0.4, 0.5) is 5.13 Å². The summed E-state index contributed by atoms with van der Waals surface area (Å²) < 4.78 is 2.35. The van der Waals surface area contributed by atoms with E-state index in [2.05, 4.69) is 15.5 Å². The Morgan fingerprint density at radius 1 is 1.32 bits per heavy atom. The number of allylic oxidation sites excluding steroid dienone is 1. The minimum absolute atomic E-state index is 0.0430. The maximum Gasteiger partial charge on any atom is 0.352 e. The number of oxime groups is 1. The number of β-lactam (4-membered cyclic amide) rings is 1. The van der Waals surface area contributed by atoms with Crippen molar-refractivity contribution in [1.29, 1.82) is 0 Å². The molecule has 2 atom stereocenters. The van der Waals surface area contributed by atoms with Gasteiger partial charge >= 0.3 is 5.97 Å². The van der Waals surface area contributed by atoms with Crippen molar-refractivity contribution in [3.63, 3.8) is 0 Å². The number of carbonyl (C=O) groups is 3. The number of amides is 2. The number of nitrogens with zero attached hydrogens (tertiary/aromatic N) is 3. The first-order valence-corrected chi connectivity index (χ1v) is 16.0. The van der Waals surface area contributed by atoms with Crippen LogP contribution in [0.2, 0.25) is 0 Å². The normalized spacial score (nSPS) is 19.3. The van der Waals surface area contributed by atoms with Gasteiger partial charge in [-0.15, -0.1) is 45.8 Å². The molecule has 0 saturated carbocycles. The lowest BCUT2D eigenvalue weighted by molar-refractivity contribution is -0.150. The van der Waals surface area contributed by atoms with Crippen molar-refractivity contribution >= 4 is 95.6 Å². The zero-order valence-electron chi connectivity index (χ0n) is 20.2. The summed E-state index contributed by atoms with van der Waals surface area (Å²) in [4.78, 5) is 55.8. The van der Waals surface area contributed by atoms with Gasteiger partial charge < -0.3 is 27.1 Å². The number of carbonyl (C=O) groups excluding carboxylic acids is 2. The molecular weight excluding hydrogens is 617 g/mol. The summed E-state index contributed by atoms with van der Waals surface area (Å²) in [6.45, 7) is 0.320. The molecule has 7 N–H and O–H groups in total. The van der Waals surface area contributed by atoms with Crippen molar-refractivity contribution in [2.75, 3.05) is 18.0 Å². The van der Waals surface area contributed by atoms with Gasteiger partial charge in [-0.1, -0.05) is 16.9 Å². The van der Waals surface area contributed by atoms with Gasteiger partial charge in [-0.2, -0.15) is 0 Å². The quantitative estimate of drug-likeness (QED) is 0.0757. The van der Waals surface area contributed by atoms with E-state index in [0.29, 0.717) is 28.8 Å². The summed E-state index contributed by atoms with van der Waals surface area (Å²) in [5, 5.41) is 29.3. The summed E-state index contributed by atoms with van der Waals surface area (Å²) >= 11 is 6.51. The van der Waals surface area contributed by atoms with E-state index in [-0.39, 0.29) is 27.7 Å². The predicted molar refractivity (Wildman–Crippen MR) is 158 cm³/mol. The van der Waals surface area contributed by atoms with Crippen molar-refractivity contribution in [2.24, 2.45) is 10.9 Å². The third-order valence-electron chi connectivity index (χ3n) is 5.96. The van der Waals surface area contributed by atoms with Gasteiger partial charge in [-0.25, -0.2) is 9.78 Å². The number of thioether (sulfide) groups is 2. The number of aliphatic carboxylic acids is 1. The molecule has 2 aliphatic rings. The standard InChI is InChI=1S/C23H20N6O6S5/c24-4-1-10-16(30)17-12(3-6-36-17)40-22(10)37-5-2-9-7-38-20-14(19(32)29(20)15(9)21(33)34)27-18(31)13(28-35)11-8-39-23(25)26-11/h2-3,5-6,8,14,20,35H,1,4,7,24H2,(H2,25,26)(H,27,31)(H,33,34)/t14?,20-/m0/s1. The molecule has 208 valence electrons. The van der Waals surface area contributed by atoms with Crippen LogP contribution < -0.4 is 22.2 Å². The van der Waals surface area contributed by atoms with E-state index in [1.165, 1.54) is 51.6 Å². The second-order valence-corrected chi connectivity index (χ2v) is 13.5. The summed E-state index contributed by atoms with van der Waals surface area (Å²) in [5.74, 6) is -2.47. The number of nitrogens with one attached hydrogen (secondary N) is 1. The van der Waals surface area contributed by atoms with E-state index in [1.807, 2.05) is 11.4 Å². The van der Waals surface area contributed by atoms with Gasteiger partial charge in [-0.05, 0) is 41.5 Å². The maximum atomic E-state index is 13.0. The molecule has 40 heavy (non-hydrogen) atoms. The van der Waals surface area contributed by atoms with Gasteiger partial charge in [0.25, 0.3) is 11.8 Å². The number of hydrogen-bond donors (Lipinski definition) is 5. The van der Waals surface area contributed by atoms with Crippen LogP contribution in [0.5, 0.6) is 0 Å². The monoisotopic (exact) mass is 636 g/mol. The molecule has 0 aliphatic carbocycles. The van der Waals surface area contributed by atoms with Gasteiger partial charge in [0, 0.05) is 16.7 Å². The first kappa shape index (κ1) is 28.3. The highest BCUT2D eigenvalue weighted by Crippen LogP contribution is 2.41. The first-order valence-electron chi connectivity index (χ1n) is 11.5. The number of thiazole rings is 1. The van der Waals surface area contributed by atoms with E-state index in [4.69, 9.17) is 11.5 Å². The van der Waals surface area contributed by atoms with Crippen LogP contribution in [0.15, 0.2) is 53.7 Å². The molecule has 1 unspecified atom stereocenters. The average Bonchev–Trinajstić information content (AvgIpc) is 3.58. The fraction of sp³-hybridized carbons (Fsp3) is 0.217. The molecule has 3 aromatic rings. The number of aromatic nitrogens is 1. The Balaban J connectivity index is 1.34. The molecular formula is C23H20N6O6S5. The molecule has 3 aromatic heterocycles. The molecule has 0 aromatic carbocycles. The first-order chi connectivity index (χ1) is 19.2. The van der Waals surface area contributed by atoms with Crippen LogP contribution in [0, 0.1) is 0 Å². The van der Waals surface area contributed by atoms with Gasteiger partial charge in [0.1, 0.15) is 22.8 Å². The molecule has 12 nitrogen and oxygen atoms in total. The molecule has 2 amide bonds. The highest BCUT2D eigenvalue weighted by Gasteiger charge is 2.54. The van der Waals surface area contributed by atoms with E-state index in [1.54, 1.807) is 11.5 Å². The number of hydrogen-bond acceptors (Lipinski definition) is 14. The van der Waals surface area contributed by atoms with E-state index < -0.39 is 34.9 Å². The topological polar surface area (TPSA) is 201 Å². The van der Waals surface area contributed by atoms with Crippen LogP contribution in [-0.4, -0.2) is 67.4 Å². The predicted octanol–water partition coefficient (Wildman–Crippen LogP) is 2.09. The smallest absolute Gasteiger partial charge is 0.352 e. The molecule has 17 heteroatoms. The van der Waals surface area contributed by atoms with Gasteiger partial charge in [0.05, 0.1) is 13.6 Å². The SMILES string of the molecule is NCCc1c(SC=CC2=C(C(=O)O)N3C(=O)C(NC(=O)C(=NO)c4csc(N)n4)[C@@H]3SC2)sc2ccsc2c1=O. The van der Waals surface area contributed by atoms with Gasteiger partial charge in [0.2, 0.25) is 5.43 Å². The Morgan fingerprint density at radius 3 is 2.80 bits per heavy atom. The molecule has 0 radical (unpaired) electrons. The van der Waals surface area contributed by atoms with E-state index in [0.717, 1.165) is 25.1 Å². The second-order valence-electron chi connectivity index (χ2n) is 8.33. The number of fused-ring (bicyclic) bond motifs is 2. The highest BCUT2D eigenvalue weighted by atomic mass is 32.2. The molecule has 5 rings (SSSR count). The summed E-state index contributed by atoms with van der Waals surface area (Å²) in [7, 11) is 0. The fourth-order valence-electron chi connectivity index (χ4n) is 4.16. The van der Waals surface area contributed by atoms with E-state index >= 15 is 0 Å². The maximum absolute atomic E-state index is 13.0. The summed E-state index contributed by atoms with van der Waals surface area (Å²) in [6.07, 6.45) is 2.05. The molecule has 0 bridgehead atoms. The molecule has 0 spiro atoms. The molecule has 2 aliphatic heterocycles. The van der Waals surface area contributed by atoms with Crippen LogP contribution >= 0.6 is 57.5 Å². The Labute approximate surface area is 246 Å². The lowest BCUT2D eigenvalue weighted by atomic mass is 10.0. The van der Waals surface area contributed by atoms with Crippen LogP contribution in [-0.2, 0) is 20.8 Å². The van der Waals surface area contributed by atoms with Crippen molar-refractivity contribution in [3.05, 3.63) is 61.1 Å². The highest BCUT2D eigenvalue weighted by molar-refractivity contribution is 8.04. The number of rotatable bonds is 9. The minimum Gasteiger partial charge on any atom is -0.477 e. The number of carboxylic acids is 1. The second kappa shape index (κ2) is 11.7. The lowest BCUT2D eigenvalue weighted by Gasteiger charge is -2.49. The van der Waals surface area contributed by atoms with E-state index in [9.17, 15) is 29.5 Å². The van der Waals surface area contributed by atoms with Gasteiger partial charge in [-0.3, -0.25) is 19.3 Å². The van der Waals surface area contributed by atoms with Crippen molar-refractivity contribution in [3.8, 4) is 0 Å². The third-order valence-corrected chi connectivity index (χ3v) is 11.2. The largest absolute Gasteiger partial charge is 0.477 e. The zero-order chi connectivity index (χ0) is 28.6. The third kappa shape index (κ3) is 5.15. The minimum atomic E-state index is -1.28. The molecule has 1 saturated heterocycles. The number of carboxylic acid groups (broad SMARTS) is 1. The van der Waals surface area contributed by atoms with Gasteiger partial charge in [0.15, 0.2) is 10.8 Å². The lowest BCUT2D eigenvalue weighted by Crippen LogP contribution is -2.71. The number of anilines is 1. The van der Waals surface area contributed by atoms with Crippen LogP contribution in [0.25, 0.3) is 9.40 Å². The van der Waals surface area contributed by atoms with Crippen molar-refractivity contribution in [1.82, 2.24) is 15.2 Å². The number of nitrogens with two attached hydrogens (primary N) is 2. The summed E-state index contributed by atoms with van der Waals surface area (Å²) in [6, 6.07) is 0.870. The Morgan fingerprint density at radius 2 is 2.12 bits per heavy atom. The molecule has 1 fully saturated rings. The zero-order valence-corrected chi connectivity index (χ0v) is 24.3.